The molecule has 0 unspecified atom stereocenters. The van der Waals surface area contributed by atoms with E-state index < -0.39 is 17.3 Å². The van der Waals surface area contributed by atoms with E-state index in [2.05, 4.69) is 10.1 Å². The number of aromatic nitrogens is 3. The lowest BCUT2D eigenvalue weighted by Crippen LogP contribution is -2.31. The van der Waals surface area contributed by atoms with Crippen molar-refractivity contribution in [3.05, 3.63) is 70.2 Å². The van der Waals surface area contributed by atoms with E-state index in [1.54, 1.807) is 30.3 Å². The zero-order valence-corrected chi connectivity index (χ0v) is 13.2. The van der Waals surface area contributed by atoms with Gasteiger partial charge in [0.05, 0.1) is 11.9 Å². The SMILES string of the molecule is CCc1cnc(Cn2nc(-c3ccccc3)cc(C(F)(F)F)c2=O)o1. The van der Waals surface area contributed by atoms with Crippen molar-refractivity contribution in [2.24, 2.45) is 0 Å². The second kappa shape index (κ2) is 6.54. The van der Waals surface area contributed by atoms with Crippen LogP contribution >= 0.6 is 0 Å². The van der Waals surface area contributed by atoms with Crippen molar-refractivity contribution in [1.82, 2.24) is 14.8 Å². The number of alkyl halides is 3. The second-order valence-electron chi connectivity index (χ2n) is 5.34. The summed E-state index contributed by atoms with van der Waals surface area (Å²) < 4.78 is 45.8. The Morgan fingerprint density at radius 3 is 2.52 bits per heavy atom. The molecule has 5 nitrogen and oxygen atoms in total. The molecular weight excluding hydrogens is 335 g/mol. The smallest absolute Gasteiger partial charge is 0.421 e. The van der Waals surface area contributed by atoms with Crippen molar-refractivity contribution in [2.45, 2.75) is 26.1 Å². The van der Waals surface area contributed by atoms with Crippen molar-refractivity contribution < 1.29 is 17.6 Å². The molecule has 0 spiro atoms. The molecule has 3 rings (SSSR count). The van der Waals surface area contributed by atoms with Crippen molar-refractivity contribution >= 4 is 0 Å². The zero-order valence-electron chi connectivity index (χ0n) is 13.2. The molecule has 0 radical (unpaired) electrons. The lowest BCUT2D eigenvalue weighted by atomic mass is 10.1. The number of benzene rings is 1. The van der Waals surface area contributed by atoms with Gasteiger partial charge in [-0.1, -0.05) is 37.3 Å². The molecule has 0 N–H and O–H groups in total. The average Bonchev–Trinajstić information content (AvgIpc) is 3.04. The Hall–Kier alpha value is -2.90. The van der Waals surface area contributed by atoms with E-state index in [-0.39, 0.29) is 18.1 Å². The summed E-state index contributed by atoms with van der Waals surface area (Å²) in [4.78, 5) is 16.2. The summed E-state index contributed by atoms with van der Waals surface area (Å²) in [5.41, 5.74) is -1.98. The number of nitrogens with zero attached hydrogens (tertiary/aromatic N) is 3. The lowest BCUT2D eigenvalue weighted by Gasteiger charge is -2.11. The highest BCUT2D eigenvalue weighted by molar-refractivity contribution is 5.59. The van der Waals surface area contributed by atoms with Crippen molar-refractivity contribution in [3.8, 4) is 11.3 Å². The summed E-state index contributed by atoms with van der Waals surface area (Å²) in [7, 11) is 0. The molecule has 0 atom stereocenters. The predicted octanol–water partition coefficient (Wildman–Crippen LogP) is 3.53. The van der Waals surface area contributed by atoms with Gasteiger partial charge in [0.2, 0.25) is 5.89 Å². The molecule has 0 aliphatic heterocycles. The minimum atomic E-state index is -4.78. The fourth-order valence-electron chi connectivity index (χ4n) is 2.31. The fraction of sp³-hybridized carbons (Fsp3) is 0.235. The third-order valence-corrected chi connectivity index (χ3v) is 3.58. The largest absolute Gasteiger partial charge is 0.444 e. The van der Waals surface area contributed by atoms with E-state index in [0.29, 0.717) is 17.7 Å². The van der Waals surface area contributed by atoms with E-state index in [1.807, 2.05) is 6.92 Å². The Labute approximate surface area is 140 Å². The third-order valence-electron chi connectivity index (χ3n) is 3.58. The molecule has 0 fully saturated rings. The maximum absolute atomic E-state index is 13.2. The first kappa shape index (κ1) is 16.9. The van der Waals surface area contributed by atoms with Crippen LogP contribution in [0, 0.1) is 0 Å². The van der Waals surface area contributed by atoms with E-state index in [4.69, 9.17) is 4.42 Å². The summed E-state index contributed by atoms with van der Waals surface area (Å²) in [6.07, 6.45) is -2.71. The van der Waals surface area contributed by atoms with E-state index in [1.165, 1.54) is 6.20 Å². The fourth-order valence-corrected chi connectivity index (χ4v) is 2.31. The summed E-state index contributed by atoms with van der Waals surface area (Å²) in [6.45, 7) is 1.58. The van der Waals surface area contributed by atoms with Gasteiger partial charge in [-0.2, -0.15) is 18.3 Å². The monoisotopic (exact) mass is 349 g/mol. The molecule has 0 aliphatic rings. The van der Waals surface area contributed by atoms with Gasteiger partial charge in [-0.3, -0.25) is 4.79 Å². The molecule has 2 aromatic heterocycles. The van der Waals surface area contributed by atoms with Crippen LogP contribution in [0.25, 0.3) is 11.3 Å². The molecule has 3 aromatic rings. The van der Waals surface area contributed by atoms with Gasteiger partial charge in [0, 0.05) is 12.0 Å². The summed E-state index contributed by atoms with van der Waals surface area (Å²) in [5, 5.41) is 4.05. The van der Waals surface area contributed by atoms with Crippen LogP contribution in [-0.2, 0) is 19.1 Å². The highest BCUT2D eigenvalue weighted by Gasteiger charge is 2.35. The molecule has 8 heteroatoms. The van der Waals surface area contributed by atoms with Gasteiger partial charge >= 0.3 is 6.18 Å². The first-order valence-electron chi connectivity index (χ1n) is 7.57. The van der Waals surface area contributed by atoms with Crippen molar-refractivity contribution in [3.63, 3.8) is 0 Å². The molecule has 1 aromatic carbocycles. The number of rotatable bonds is 4. The molecule has 0 bridgehead atoms. The third kappa shape index (κ3) is 3.62. The van der Waals surface area contributed by atoms with Gasteiger partial charge in [0.1, 0.15) is 17.9 Å². The van der Waals surface area contributed by atoms with Crippen LogP contribution in [0.3, 0.4) is 0 Å². The highest BCUT2D eigenvalue weighted by Crippen LogP contribution is 2.29. The molecule has 25 heavy (non-hydrogen) atoms. The Morgan fingerprint density at radius 2 is 1.92 bits per heavy atom. The quantitative estimate of drug-likeness (QED) is 0.723. The Kier molecular flexibility index (Phi) is 4.43. The molecule has 0 aliphatic carbocycles. The van der Waals surface area contributed by atoms with Gasteiger partial charge in [-0.05, 0) is 6.07 Å². The standard InChI is InChI=1S/C17H14F3N3O2/c1-2-12-9-21-15(25-12)10-23-16(24)13(17(18,19)20)8-14(22-23)11-6-4-3-5-7-11/h3-9H,2,10H2,1H3. The normalized spacial score (nSPS) is 11.7. The number of hydrogen-bond donors (Lipinski definition) is 0. The van der Waals surface area contributed by atoms with E-state index in [0.717, 1.165) is 10.7 Å². The first-order valence-corrected chi connectivity index (χ1v) is 7.57. The number of hydrogen-bond acceptors (Lipinski definition) is 4. The average molecular weight is 349 g/mol. The highest BCUT2D eigenvalue weighted by atomic mass is 19.4. The van der Waals surface area contributed by atoms with Crippen LogP contribution in [-0.4, -0.2) is 14.8 Å². The predicted molar refractivity (Wildman–Crippen MR) is 83.9 cm³/mol. The molecule has 0 amide bonds. The van der Waals surface area contributed by atoms with Crippen molar-refractivity contribution in [2.75, 3.05) is 0 Å². The maximum atomic E-state index is 13.2. The number of aryl methyl sites for hydroxylation is 1. The summed E-state index contributed by atoms with van der Waals surface area (Å²) in [5.74, 6) is 0.711. The molecular formula is C17H14F3N3O2. The Bertz CT molecular complexity index is 930. The van der Waals surface area contributed by atoms with Gasteiger partial charge in [0.25, 0.3) is 5.56 Å². The van der Waals surface area contributed by atoms with Crippen LogP contribution in [0.1, 0.15) is 24.1 Å². The topological polar surface area (TPSA) is 60.9 Å². The minimum absolute atomic E-state index is 0.0507. The van der Waals surface area contributed by atoms with Crippen LogP contribution in [0.4, 0.5) is 13.2 Å². The van der Waals surface area contributed by atoms with Gasteiger partial charge in [-0.25, -0.2) is 9.67 Å². The zero-order chi connectivity index (χ0) is 18.0. The number of oxazole rings is 1. The summed E-state index contributed by atoms with van der Waals surface area (Å²) >= 11 is 0. The molecule has 130 valence electrons. The van der Waals surface area contributed by atoms with E-state index in [9.17, 15) is 18.0 Å². The second-order valence-corrected chi connectivity index (χ2v) is 5.34. The molecule has 2 heterocycles. The van der Waals surface area contributed by atoms with E-state index >= 15 is 0 Å². The number of halogens is 3. The minimum Gasteiger partial charge on any atom is -0.444 e. The van der Waals surface area contributed by atoms with Crippen LogP contribution < -0.4 is 5.56 Å². The Balaban J connectivity index is 2.11. The van der Waals surface area contributed by atoms with Gasteiger partial charge in [-0.15, -0.1) is 0 Å². The Morgan fingerprint density at radius 1 is 1.20 bits per heavy atom. The molecule has 0 saturated carbocycles. The molecule has 0 saturated heterocycles. The van der Waals surface area contributed by atoms with Crippen molar-refractivity contribution in [1.29, 1.82) is 0 Å². The van der Waals surface area contributed by atoms with Gasteiger partial charge < -0.3 is 4.42 Å². The van der Waals surface area contributed by atoms with Crippen LogP contribution in [0.5, 0.6) is 0 Å². The van der Waals surface area contributed by atoms with Crippen LogP contribution in [0.15, 0.2) is 51.8 Å². The summed E-state index contributed by atoms with van der Waals surface area (Å²) in [6, 6.07) is 9.11. The van der Waals surface area contributed by atoms with Crippen LogP contribution in [0.2, 0.25) is 0 Å². The van der Waals surface area contributed by atoms with Gasteiger partial charge in [0.15, 0.2) is 0 Å². The first-order chi connectivity index (χ1) is 11.9. The maximum Gasteiger partial charge on any atom is 0.421 e. The lowest BCUT2D eigenvalue weighted by molar-refractivity contribution is -0.139.